The van der Waals surface area contributed by atoms with Gasteiger partial charge in [0.2, 0.25) is 10.0 Å². The molecule has 0 bridgehead atoms. The van der Waals surface area contributed by atoms with Gasteiger partial charge in [0, 0.05) is 10.2 Å². The van der Waals surface area contributed by atoms with Crippen molar-refractivity contribution in [3.63, 3.8) is 0 Å². The summed E-state index contributed by atoms with van der Waals surface area (Å²) < 4.78 is 29.2. The molecule has 144 valence electrons. The molecule has 3 rings (SSSR count). The van der Waals surface area contributed by atoms with Crippen LogP contribution in [0.5, 0.6) is 11.5 Å². The molecule has 0 aliphatic rings. The maximum atomic E-state index is 12.5. The topological polar surface area (TPSA) is 98.5 Å². The lowest BCUT2D eigenvalue weighted by Gasteiger charge is -2.10. The van der Waals surface area contributed by atoms with E-state index < -0.39 is 15.9 Å². The monoisotopic (exact) mass is 460 g/mol. The Morgan fingerprint density at radius 1 is 1.00 bits per heavy atom. The minimum Gasteiger partial charge on any atom is -0.457 e. The Morgan fingerprint density at radius 3 is 2.36 bits per heavy atom. The standard InChI is InChI=1S/C20H17BrN2O4S/c1-13-3-2-4-16(11-13)27-15-7-5-14(6-8-15)23-20(24)18-12-17(28(22,25)26)9-10-19(18)21/h2-12H,1H3,(H,23,24)(H2,22,25,26). The van der Waals surface area contributed by atoms with E-state index in [1.54, 1.807) is 24.3 Å². The maximum Gasteiger partial charge on any atom is 0.256 e. The fourth-order valence-corrected chi connectivity index (χ4v) is 3.44. The molecule has 1 amide bonds. The molecule has 0 aliphatic carbocycles. The van der Waals surface area contributed by atoms with Crippen LogP contribution < -0.4 is 15.2 Å². The Labute approximate surface area is 171 Å². The smallest absolute Gasteiger partial charge is 0.256 e. The summed E-state index contributed by atoms with van der Waals surface area (Å²) in [6.07, 6.45) is 0. The number of hydrogen-bond donors (Lipinski definition) is 2. The Bertz CT molecular complexity index is 1130. The summed E-state index contributed by atoms with van der Waals surface area (Å²) in [5, 5.41) is 7.85. The number of nitrogens with one attached hydrogen (secondary N) is 1. The maximum absolute atomic E-state index is 12.5. The summed E-state index contributed by atoms with van der Waals surface area (Å²) >= 11 is 3.25. The van der Waals surface area contributed by atoms with Crippen LogP contribution in [0, 0.1) is 6.92 Å². The fourth-order valence-electron chi connectivity index (χ4n) is 2.48. The predicted molar refractivity (Wildman–Crippen MR) is 111 cm³/mol. The highest BCUT2D eigenvalue weighted by Crippen LogP contribution is 2.25. The summed E-state index contributed by atoms with van der Waals surface area (Å²) in [5.74, 6) is 0.881. The highest BCUT2D eigenvalue weighted by atomic mass is 79.9. The van der Waals surface area contributed by atoms with Gasteiger partial charge < -0.3 is 10.1 Å². The number of sulfonamides is 1. The van der Waals surface area contributed by atoms with Crippen LogP contribution in [0.2, 0.25) is 0 Å². The molecular formula is C20H17BrN2O4S. The number of carbonyl (C=O) groups is 1. The van der Waals surface area contributed by atoms with Crippen LogP contribution in [0.15, 0.2) is 76.1 Å². The zero-order valence-electron chi connectivity index (χ0n) is 14.8. The first-order chi connectivity index (χ1) is 13.2. The first kappa shape index (κ1) is 20.1. The lowest BCUT2D eigenvalue weighted by atomic mass is 10.2. The molecule has 0 fully saturated rings. The largest absolute Gasteiger partial charge is 0.457 e. The second-order valence-corrected chi connectivity index (χ2v) is 8.50. The lowest BCUT2D eigenvalue weighted by Crippen LogP contribution is -2.16. The lowest BCUT2D eigenvalue weighted by molar-refractivity contribution is 0.102. The van der Waals surface area contributed by atoms with Gasteiger partial charge in [-0.25, -0.2) is 13.6 Å². The number of benzene rings is 3. The van der Waals surface area contributed by atoms with E-state index in [1.807, 2.05) is 31.2 Å². The SMILES string of the molecule is Cc1cccc(Oc2ccc(NC(=O)c3cc(S(N)(=O)=O)ccc3Br)cc2)c1. The number of anilines is 1. The third-order valence-corrected chi connectivity index (χ3v) is 5.45. The number of primary sulfonamides is 1. The number of ether oxygens (including phenoxy) is 1. The predicted octanol–water partition coefficient (Wildman–Crippen LogP) is 4.45. The molecule has 0 atom stereocenters. The third kappa shape index (κ3) is 4.98. The number of carbonyl (C=O) groups excluding carboxylic acids is 1. The van der Waals surface area contributed by atoms with Gasteiger partial charge in [-0.05, 0) is 83.0 Å². The molecule has 0 saturated carbocycles. The first-order valence-corrected chi connectivity index (χ1v) is 10.5. The van der Waals surface area contributed by atoms with Gasteiger partial charge in [0.25, 0.3) is 5.91 Å². The fraction of sp³-hybridized carbons (Fsp3) is 0.0500. The molecule has 0 aromatic heterocycles. The molecule has 0 radical (unpaired) electrons. The van der Waals surface area contributed by atoms with Crippen molar-refractivity contribution in [1.82, 2.24) is 0 Å². The average molecular weight is 461 g/mol. The molecular weight excluding hydrogens is 444 g/mol. The molecule has 28 heavy (non-hydrogen) atoms. The van der Waals surface area contributed by atoms with Crippen molar-refractivity contribution >= 4 is 37.5 Å². The van der Waals surface area contributed by atoms with Crippen molar-refractivity contribution in [3.05, 3.63) is 82.3 Å². The second-order valence-electron chi connectivity index (χ2n) is 6.08. The molecule has 6 nitrogen and oxygen atoms in total. The highest BCUT2D eigenvalue weighted by molar-refractivity contribution is 9.10. The first-order valence-electron chi connectivity index (χ1n) is 8.21. The molecule has 0 saturated heterocycles. The summed E-state index contributed by atoms with van der Waals surface area (Å²) in [4.78, 5) is 12.4. The van der Waals surface area contributed by atoms with Crippen LogP contribution >= 0.6 is 15.9 Å². The Kier molecular flexibility index (Phi) is 5.83. The van der Waals surface area contributed by atoms with E-state index in [4.69, 9.17) is 9.88 Å². The second kappa shape index (κ2) is 8.14. The van der Waals surface area contributed by atoms with Gasteiger partial charge in [-0.3, -0.25) is 4.79 Å². The van der Waals surface area contributed by atoms with Crippen LogP contribution in [0.3, 0.4) is 0 Å². The Balaban J connectivity index is 1.74. The van der Waals surface area contributed by atoms with Crippen molar-refractivity contribution in [2.45, 2.75) is 11.8 Å². The summed E-state index contributed by atoms with van der Waals surface area (Å²) in [7, 11) is -3.90. The average Bonchev–Trinajstić information content (AvgIpc) is 2.62. The zero-order chi connectivity index (χ0) is 20.3. The van der Waals surface area contributed by atoms with Gasteiger partial charge in [-0.2, -0.15) is 0 Å². The van der Waals surface area contributed by atoms with Crippen molar-refractivity contribution in [1.29, 1.82) is 0 Å². The van der Waals surface area contributed by atoms with Crippen LogP contribution in [-0.4, -0.2) is 14.3 Å². The van der Waals surface area contributed by atoms with Crippen LogP contribution in [0.1, 0.15) is 15.9 Å². The number of hydrogen-bond acceptors (Lipinski definition) is 4. The molecule has 0 aliphatic heterocycles. The minimum atomic E-state index is -3.90. The molecule has 3 aromatic carbocycles. The number of amides is 1. The van der Waals surface area contributed by atoms with E-state index >= 15 is 0 Å². The summed E-state index contributed by atoms with van der Waals surface area (Å²) in [6.45, 7) is 1.98. The number of halogens is 1. The summed E-state index contributed by atoms with van der Waals surface area (Å²) in [5.41, 5.74) is 1.79. The van der Waals surface area contributed by atoms with E-state index in [2.05, 4.69) is 21.2 Å². The van der Waals surface area contributed by atoms with Gasteiger partial charge in [-0.15, -0.1) is 0 Å². The van der Waals surface area contributed by atoms with Crippen molar-refractivity contribution in [2.75, 3.05) is 5.32 Å². The summed E-state index contributed by atoms with van der Waals surface area (Å²) in [6, 6.07) is 18.5. The molecule has 0 spiro atoms. The van der Waals surface area contributed by atoms with E-state index in [9.17, 15) is 13.2 Å². The van der Waals surface area contributed by atoms with E-state index in [0.717, 1.165) is 11.3 Å². The van der Waals surface area contributed by atoms with E-state index in [1.165, 1.54) is 18.2 Å². The van der Waals surface area contributed by atoms with Gasteiger partial charge >= 0.3 is 0 Å². The molecule has 8 heteroatoms. The number of aryl methyl sites for hydroxylation is 1. The number of nitrogens with two attached hydrogens (primary N) is 1. The van der Waals surface area contributed by atoms with Crippen molar-refractivity contribution in [3.8, 4) is 11.5 Å². The number of rotatable bonds is 5. The van der Waals surface area contributed by atoms with Gasteiger partial charge in [0.15, 0.2) is 0 Å². The Hall–Kier alpha value is -2.68. The van der Waals surface area contributed by atoms with Gasteiger partial charge in [0.1, 0.15) is 11.5 Å². The van der Waals surface area contributed by atoms with E-state index in [-0.39, 0.29) is 10.5 Å². The van der Waals surface area contributed by atoms with Crippen molar-refractivity contribution in [2.24, 2.45) is 5.14 Å². The zero-order valence-corrected chi connectivity index (χ0v) is 17.2. The molecule has 0 heterocycles. The highest BCUT2D eigenvalue weighted by Gasteiger charge is 2.16. The molecule has 3 N–H and O–H groups in total. The third-order valence-electron chi connectivity index (χ3n) is 3.85. The van der Waals surface area contributed by atoms with Crippen molar-refractivity contribution < 1.29 is 17.9 Å². The molecule has 3 aromatic rings. The van der Waals surface area contributed by atoms with Crippen LogP contribution in [0.25, 0.3) is 0 Å². The normalized spacial score (nSPS) is 11.1. The quantitative estimate of drug-likeness (QED) is 0.587. The van der Waals surface area contributed by atoms with E-state index in [0.29, 0.717) is 15.9 Å². The molecule has 0 unspecified atom stereocenters. The van der Waals surface area contributed by atoms with Gasteiger partial charge in [-0.1, -0.05) is 12.1 Å². The van der Waals surface area contributed by atoms with Gasteiger partial charge in [0.05, 0.1) is 10.5 Å². The minimum absolute atomic E-state index is 0.136. The van der Waals surface area contributed by atoms with Crippen LogP contribution in [0.4, 0.5) is 5.69 Å². The van der Waals surface area contributed by atoms with Crippen LogP contribution in [-0.2, 0) is 10.0 Å². The Morgan fingerprint density at radius 2 is 1.71 bits per heavy atom.